The number of aryl methyl sites for hydroxylation is 3. The zero-order valence-corrected chi connectivity index (χ0v) is 12.2. The maximum absolute atomic E-state index is 11.4. The van der Waals surface area contributed by atoms with E-state index in [0.29, 0.717) is 4.90 Å². The second-order valence-corrected chi connectivity index (χ2v) is 6.84. The number of nitrogens with zero attached hydrogens (tertiary/aromatic N) is 1. The maximum atomic E-state index is 11.4. The zero-order chi connectivity index (χ0) is 14.0. The third-order valence-corrected chi connectivity index (χ3v) is 4.42. The minimum atomic E-state index is -3.11. The molecule has 0 aliphatic heterocycles. The molecule has 2 rings (SSSR count). The Morgan fingerprint density at radius 2 is 1.74 bits per heavy atom. The summed E-state index contributed by atoms with van der Waals surface area (Å²) in [6.07, 6.45) is 3.01. The lowest BCUT2D eigenvalue weighted by molar-refractivity contribution is 0.602. The predicted molar refractivity (Wildman–Crippen MR) is 75.0 cm³/mol. The molecule has 1 heterocycles. The Kier molecular flexibility index (Phi) is 3.75. The monoisotopic (exact) mass is 278 g/mol. The van der Waals surface area contributed by atoms with Crippen molar-refractivity contribution in [1.29, 1.82) is 0 Å². The fraction of sp³-hybridized carbons (Fsp3) is 0.357. The third kappa shape index (κ3) is 3.23. The molecule has 19 heavy (non-hydrogen) atoms. The van der Waals surface area contributed by atoms with E-state index in [9.17, 15) is 8.42 Å². The van der Waals surface area contributed by atoms with Gasteiger partial charge in [-0.05, 0) is 49.9 Å². The molecule has 0 aliphatic rings. The van der Waals surface area contributed by atoms with Gasteiger partial charge in [-0.2, -0.15) is 5.10 Å². The van der Waals surface area contributed by atoms with Gasteiger partial charge in [-0.3, -0.25) is 5.10 Å². The molecule has 0 bridgehead atoms. The van der Waals surface area contributed by atoms with E-state index >= 15 is 0 Å². The standard InChI is InChI=1S/C14H18N2O2S/c1-10-14(11(2)16-15-10)9-6-12-4-7-13(8-5-12)19(3,17)18/h4-5,7-8H,6,9H2,1-3H3,(H,15,16). The van der Waals surface area contributed by atoms with Gasteiger partial charge >= 0.3 is 0 Å². The zero-order valence-electron chi connectivity index (χ0n) is 11.4. The number of sulfone groups is 1. The number of aromatic nitrogens is 2. The fourth-order valence-corrected chi connectivity index (χ4v) is 2.75. The highest BCUT2D eigenvalue weighted by molar-refractivity contribution is 7.90. The minimum absolute atomic E-state index is 0.368. The van der Waals surface area contributed by atoms with Crippen LogP contribution < -0.4 is 0 Å². The van der Waals surface area contributed by atoms with Crippen molar-refractivity contribution in [2.75, 3.05) is 6.26 Å². The molecule has 0 amide bonds. The summed E-state index contributed by atoms with van der Waals surface area (Å²) in [6, 6.07) is 7.09. The molecule has 0 radical (unpaired) electrons. The first-order valence-corrected chi connectivity index (χ1v) is 8.06. The van der Waals surface area contributed by atoms with Crippen LogP contribution in [0.15, 0.2) is 29.2 Å². The highest BCUT2D eigenvalue weighted by atomic mass is 32.2. The minimum Gasteiger partial charge on any atom is -0.282 e. The summed E-state index contributed by atoms with van der Waals surface area (Å²) >= 11 is 0. The van der Waals surface area contributed by atoms with Gasteiger partial charge in [-0.15, -0.1) is 0 Å². The van der Waals surface area contributed by atoms with Crippen molar-refractivity contribution in [3.05, 3.63) is 46.8 Å². The molecule has 0 atom stereocenters. The first kappa shape index (κ1) is 13.8. The summed E-state index contributed by atoms with van der Waals surface area (Å²) in [5.41, 5.74) is 4.51. The van der Waals surface area contributed by atoms with Crippen molar-refractivity contribution < 1.29 is 8.42 Å². The number of aromatic amines is 1. The van der Waals surface area contributed by atoms with Gasteiger partial charge in [-0.25, -0.2) is 8.42 Å². The van der Waals surface area contributed by atoms with Gasteiger partial charge in [0.2, 0.25) is 0 Å². The van der Waals surface area contributed by atoms with Gasteiger partial charge in [0.1, 0.15) is 0 Å². The van der Waals surface area contributed by atoms with E-state index in [-0.39, 0.29) is 0 Å². The summed E-state index contributed by atoms with van der Waals surface area (Å²) in [6.45, 7) is 4.01. The summed E-state index contributed by atoms with van der Waals surface area (Å²) in [5, 5.41) is 7.14. The molecule has 102 valence electrons. The number of H-pyrrole nitrogens is 1. The van der Waals surface area contributed by atoms with Gasteiger partial charge in [0, 0.05) is 11.9 Å². The number of hydrogen-bond donors (Lipinski definition) is 1. The average molecular weight is 278 g/mol. The molecule has 4 nitrogen and oxygen atoms in total. The molecule has 0 saturated heterocycles. The Hall–Kier alpha value is -1.62. The highest BCUT2D eigenvalue weighted by Gasteiger charge is 2.08. The van der Waals surface area contributed by atoms with Crippen LogP contribution in [0.4, 0.5) is 0 Å². The van der Waals surface area contributed by atoms with Crippen LogP contribution in [0.25, 0.3) is 0 Å². The van der Waals surface area contributed by atoms with E-state index in [1.165, 1.54) is 11.8 Å². The van der Waals surface area contributed by atoms with Gasteiger partial charge in [0.15, 0.2) is 9.84 Å². The molecule has 0 unspecified atom stereocenters. The number of nitrogens with one attached hydrogen (secondary N) is 1. The molecule has 0 aliphatic carbocycles. The second-order valence-electron chi connectivity index (χ2n) is 4.83. The fourth-order valence-electron chi connectivity index (χ4n) is 2.12. The Balaban J connectivity index is 2.09. The summed E-state index contributed by atoms with van der Waals surface area (Å²) < 4.78 is 22.7. The van der Waals surface area contributed by atoms with Crippen molar-refractivity contribution in [3.63, 3.8) is 0 Å². The lowest BCUT2D eigenvalue weighted by Crippen LogP contribution is -1.98. The topological polar surface area (TPSA) is 62.8 Å². The Morgan fingerprint density at radius 1 is 1.11 bits per heavy atom. The summed E-state index contributed by atoms with van der Waals surface area (Å²) in [4.78, 5) is 0.368. The smallest absolute Gasteiger partial charge is 0.175 e. The van der Waals surface area contributed by atoms with E-state index in [1.807, 2.05) is 26.0 Å². The SMILES string of the molecule is Cc1n[nH]c(C)c1CCc1ccc(S(C)(=O)=O)cc1. The van der Waals surface area contributed by atoms with Gasteiger partial charge in [-0.1, -0.05) is 12.1 Å². The molecule has 0 saturated carbocycles. The third-order valence-electron chi connectivity index (χ3n) is 3.30. The molecular weight excluding hydrogens is 260 g/mol. The Bertz CT molecular complexity index is 650. The van der Waals surface area contributed by atoms with Crippen LogP contribution in [0.1, 0.15) is 22.5 Å². The molecule has 0 fully saturated rings. The van der Waals surface area contributed by atoms with Crippen LogP contribution in [-0.4, -0.2) is 24.9 Å². The molecular formula is C14H18N2O2S. The lowest BCUT2D eigenvalue weighted by Gasteiger charge is -2.04. The van der Waals surface area contributed by atoms with Crippen molar-refractivity contribution in [1.82, 2.24) is 10.2 Å². The van der Waals surface area contributed by atoms with Crippen LogP contribution in [0.3, 0.4) is 0 Å². The van der Waals surface area contributed by atoms with Crippen LogP contribution in [-0.2, 0) is 22.7 Å². The van der Waals surface area contributed by atoms with E-state index in [4.69, 9.17) is 0 Å². The molecule has 0 spiro atoms. The first-order valence-electron chi connectivity index (χ1n) is 6.17. The predicted octanol–water partition coefficient (Wildman–Crippen LogP) is 2.22. The average Bonchev–Trinajstić information content (AvgIpc) is 2.66. The van der Waals surface area contributed by atoms with Gasteiger partial charge in [0.25, 0.3) is 0 Å². The maximum Gasteiger partial charge on any atom is 0.175 e. The van der Waals surface area contributed by atoms with Crippen LogP contribution in [0.2, 0.25) is 0 Å². The molecule has 2 aromatic rings. The number of rotatable bonds is 4. The van der Waals surface area contributed by atoms with Crippen LogP contribution in [0, 0.1) is 13.8 Å². The number of benzene rings is 1. The van der Waals surface area contributed by atoms with Crippen molar-refractivity contribution in [2.24, 2.45) is 0 Å². The summed E-state index contributed by atoms with van der Waals surface area (Å²) in [5.74, 6) is 0. The largest absolute Gasteiger partial charge is 0.282 e. The van der Waals surface area contributed by atoms with E-state index < -0.39 is 9.84 Å². The van der Waals surface area contributed by atoms with E-state index in [2.05, 4.69) is 10.2 Å². The summed E-state index contributed by atoms with van der Waals surface area (Å²) in [7, 11) is -3.11. The van der Waals surface area contributed by atoms with E-state index in [0.717, 1.165) is 29.8 Å². The van der Waals surface area contributed by atoms with Crippen molar-refractivity contribution in [3.8, 4) is 0 Å². The normalized spacial score (nSPS) is 11.7. The number of hydrogen-bond acceptors (Lipinski definition) is 3. The van der Waals surface area contributed by atoms with Crippen LogP contribution in [0.5, 0.6) is 0 Å². The lowest BCUT2D eigenvalue weighted by atomic mass is 10.0. The Morgan fingerprint density at radius 3 is 2.21 bits per heavy atom. The highest BCUT2D eigenvalue weighted by Crippen LogP contribution is 2.15. The van der Waals surface area contributed by atoms with Gasteiger partial charge < -0.3 is 0 Å². The van der Waals surface area contributed by atoms with E-state index in [1.54, 1.807) is 12.1 Å². The van der Waals surface area contributed by atoms with Gasteiger partial charge in [0.05, 0.1) is 10.6 Å². The molecule has 1 N–H and O–H groups in total. The van der Waals surface area contributed by atoms with Crippen molar-refractivity contribution in [2.45, 2.75) is 31.6 Å². The first-order chi connectivity index (χ1) is 8.88. The second kappa shape index (κ2) is 5.17. The quantitative estimate of drug-likeness (QED) is 0.932. The Labute approximate surface area is 113 Å². The van der Waals surface area contributed by atoms with Crippen molar-refractivity contribution >= 4 is 9.84 Å². The van der Waals surface area contributed by atoms with Crippen LogP contribution >= 0.6 is 0 Å². The molecule has 5 heteroatoms. The molecule has 1 aromatic carbocycles. The molecule has 1 aromatic heterocycles.